The number of nitrogens with zero attached hydrogens (tertiary/aromatic N) is 1. The Morgan fingerprint density at radius 3 is 2.54 bits per heavy atom. The second-order valence-corrected chi connectivity index (χ2v) is 6.24. The molecule has 0 radical (unpaired) electrons. The van der Waals surface area contributed by atoms with E-state index in [1.54, 1.807) is 0 Å². The summed E-state index contributed by atoms with van der Waals surface area (Å²) in [6.45, 7) is 0.694. The monoisotopic (exact) mass is 348 g/mol. The van der Waals surface area contributed by atoms with Crippen molar-refractivity contribution in [2.75, 3.05) is 6.79 Å². The number of amides is 1. The molecule has 0 bridgehead atoms. The van der Waals surface area contributed by atoms with Gasteiger partial charge in [-0.3, -0.25) is 4.79 Å². The van der Waals surface area contributed by atoms with Crippen molar-refractivity contribution >= 4 is 5.91 Å². The first-order valence-electron chi connectivity index (χ1n) is 8.62. The summed E-state index contributed by atoms with van der Waals surface area (Å²) in [6, 6.07) is 19.3. The van der Waals surface area contributed by atoms with Crippen molar-refractivity contribution in [3.8, 4) is 11.5 Å². The van der Waals surface area contributed by atoms with Crippen molar-refractivity contribution in [2.24, 2.45) is 0 Å². The molecule has 1 amide bonds. The molecule has 4 rings (SSSR count). The van der Waals surface area contributed by atoms with Gasteiger partial charge in [0.25, 0.3) is 0 Å². The molecule has 26 heavy (non-hydrogen) atoms. The Balaban J connectivity index is 1.46. The number of benzene rings is 2. The van der Waals surface area contributed by atoms with E-state index in [1.807, 2.05) is 77.6 Å². The molecule has 1 aromatic heterocycles. The van der Waals surface area contributed by atoms with Gasteiger partial charge in [0.2, 0.25) is 12.7 Å². The largest absolute Gasteiger partial charge is 0.454 e. The summed E-state index contributed by atoms with van der Waals surface area (Å²) < 4.78 is 12.7. The lowest BCUT2D eigenvalue weighted by Crippen LogP contribution is -2.33. The molecule has 0 saturated heterocycles. The minimum atomic E-state index is -0.290. The third kappa shape index (κ3) is 3.57. The highest BCUT2D eigenvalue weighted by molar-refractivity contribution is 5.80. The van der Waals surface area contributed by atoms with Crippen LogP contribution in [0.2, 0.25) is 0 Å². The van der Waals surface area contributed by atoms with Crippen LogP contribution in [0.15, 0.2) is 73.1 Å². The van der Waals surface area contributed by atoms with Crippen molar-refractivity contribution < 1.29 is 14.3 Å². The Labute approximate surface area is 152 Å². The second kappa shape index (κ2) is 7.35. The summed E-state index contributed by atoms with van der Waals surface area (Å²) in [5.74, 6) is 1.46. The van der Waals surface area contributed by atoms with Crippen molar-refractivity contribution in [1.82, 2.24) is 9.88 Å². The summed E-state index contributed by atoms with van der Waals surface area (Å²) in [5.41, 5.74) is 2.11. The number of nitrogens with one attached hydrogen (secondary N) is 1. The molecule has 132 valence electrons. The molecule has 1 unspecified atom stereocenters. The smallest absolute Gasteiger partial charge is 0.243 e. The highest BCUT2D eigenvalue weighted by atomic mass is 16.7. The number of fused-ring (bicyclic) bond motifs is 1. The van der Waals surface area contributed by atoms with Crippen LogP contribution >= 0.6 is 0 Å². The van der Waals surface area contributed by atoms with Crippen molar-refractivity contribution in [3.05, 3.63) is 84.2 Å². The van der Waals surface area contributed by atoms with Gasteiger partial charge < -0.3 is 19.4 Å². The van der Waals surface area contributed by atoms with E-state index in [9.17, 15) is 4.79 Å². The fourth-order valence-electron chi connectivity index (χ4n) is 3.08. The van der Waals surface area contributed by atoms with Gasteiger partial charge in [0.05, 0.1) is 0 Å². The first-order valence-corrected chi connectivity index (χ1v) is 8.62. The van der Waals surface area contributed by atoms with Gasteiger partial charge in [0, 0.05) is 25.4 Å². The minimum absolute atomic E-state index is 0.0114. The zero-order valence-corrected chi connectivity index (χ0v) is 14.3. The number of carbonyl (C=O) groups is 1. The fraction of sp³-hybridized carbons (Fsp3) is 0.190. The molecule has 3 aromatic rings. The number of ether oxygens (including phenoxy) is 2. The van der Waals surface area contributed by atoms with Gasteiger partial charge in [-0.15, -0.1) is 0 Å². The maximum Gasteiger partial charge on any atom is 0.243 e. The Bertz CT molecular complexity index is 876. The van der Waals surface area contributed by atoms with E-state index in [2.05, 4.69) is 5.32 Å². The van der Waals surface area contributed by atoms with Gasteiger partial charge in [-0.05, 0) is 35.4 Å². The van der Waals surface area contributed by atoms with Crippen LogP contribution in [-0.4, -0.2) is 17.3 Å². The molecule has 0 fully saturated rings. The molecule has 2 heterocycles. The molecule has 2 aromatic carbocycles. The third-order valence-electron chi connectivity index (χ3n) is 4.47. The van der Waals surface area contributed by atoms with E-state index in [1.165, 1.54) is 0 Å². The van der Waals surface area contributed by atoms with Gasteiger partial charge in [0.1, 0.15) is 6.04 Å². The predicted molar refractivity (Wildman–Crippen MR) is 98.0 cm³/mol. The Morgan fingerprint density at radius 2 is 1.73 bits per heavy atom. The quantitative estimate of drug-likeness (QED) is 0.743. The van der Waals surface area contributed by atoms with Gasteiger partial charge in [-0.1, -0.05) is 36.4 Å². The maximum atomic E-state index is 12.9. The molecular weight excluding hydrogens is 328 g/mol. The lowest BCUT2D eigenvalue weighted by atomic mass is 10.0. The maximum absolute atomic E-state index is 12.9. The predicted octanol–water partition coefficient (Wildman–Crippen LogP) is 3.32. The van der Waals surface area contributed by atoms with Crippen molar-refractivity contribution in [1.29, 1.82) is 0 Å². The number of carbonyl (C=O) groups excluding carboxylic acids is 1. The van der Waals surface area contributed by atoms with E-state index >= 15 is 0 Å². The highest BCUT2D eigenvalue weighted by Gasteiger charge is 2.20. The van der Waals surface area contributed by atoms with Gasteiger partial charge in [-0.2, -0.15) is 0 Å². The summed E-state index contributed by atoms with van der Waals surface area (Å²) in [4.78, 5) is 12.9. The van der Waals surface area contributed by atoms with E-state index in [4.69, 9.17) is 9.47 Å². The van der Waals surface area contributed by atoms with Crippen LogP contribution < -0.4 is 14.8 Å². The summed E-state index contributed by atoms with van der Waals surface area (Å²) in [7, 11) is 0. The van der Waals surface area contributed by atoms with Crippen LogP contribution in [0.1, 0.15) is 17.2 Å². The first kappa shape index (κ1) is 16.3. The molecule has 1 aliphatic heterocycles. The van der Waals surface area contributed by atoms with Crippen LogP contribution in [0.5, 0.6) is 11.5 Å². The van der Waals surface area contributed by atoms with Crippen LogP contribution in [0.4, 0.5) is 0 Å². The van der Waals surface area contributed by atoms with Crippen LogP contribution in [-0.2, 0) is 17.8 Å². The van der Waals surface area contributed by atoms with E-state index in [0.717, 1.165) is 22.6 Å². The summed E-state index contributed by atoms with van der Waals surface area (Å²) in [6.07, 6.45) is 4.49. The SMILES string of the molecule is O=C(NCc1ccc2c(c1)OCO2)C(Cc1ccccc1)n1cccc1. The zero-order chi connectivity index (χ0) is 17.8. The molecule has 5 nitrogen and oxygen atoms in total. The van der Waals surface area contributed by atoms with E-state index < -0.39 is 0 Å². The zero-order valence-electron chi connectivity index (χ0n) is 14.3. The number of hydrogen-bond acceptors (Lipinski definition) is 3. The molecule has 0 aliphatic carbocycles. The van der Waals surface area contributed by atoms with E-state index in [0.29, 0.717) is 13.0 Å². The molecule has 1 aliphatic rings. The Kier molecular flexibility index (Phi) is 4.60. The normalized spacial score (nSPS) is 13.4. The van der Waals surface area contributed by atoms with Crippen LogP contribution in [0.3, 0.4) is 0 Å². The molecular formula is C21H20N2O3. The molecule has 0 spiro atoms. The molecule has 1 N–H and O–H groups in total. The topological polar surface area (TPSA) is 52.5 Å². The summed E-state index contributed by atoms with van der Waals surface area (Å²) >= 11 is 0. The molecule has 5 heteroatoms. The van der Waals surface area contributed by atoms with Crippen molar-refractivity contribution in [3.63, 3.8) is 0 Å². The second-order valence-electron chi connectivity index (χ2n) is 6.24. The fourth-order valence-corrected chi connectivity index (χ4v) is 3.08. The van der Waals surface area contributed by atoms with Crippen LogP contribution in [0.25, 0.3) is 0 Å². The van der Waals surface area contributed by atoms with E-state index in [-0.39, 0.29) is 18.7 Å². The van der Waals surface area contributed by atoms with Gasteiger partial charge in [0.15, 0.2) is 11.5 Å². The molecule has 1 atom stereocenters. The number of rotatable bonds is 6. The highest BCUT2D eigenvalue weighted by Crippen LogP contribution is 2.32. The standard InChI is InChI=1S/C21H20N2O3/c24-21(22-14-17-8-9-19-20(13-17)26-15-25-19)18(23-10-4-5-11-23)12-16-6-2-1-3-7-16/h1-11,13,18H,12,14-15H2,(H,22,24). The first-order chi connectivity index (χ1) is 12.8. The van der Waals surface area contributed by atoms with Crippen molar-refractivity contribution in [2.45, 2.75) is 19.0 Å². The number of aromatic nitrogens is 1. The van der Waals surface area contributed by atoms with Gasteiger partial charge in [-0.25, -0.2) is 0 Å². The summed E-state index contributed by atoms with van der Waals surface area (Å²) in [5, 5.41) is 3.04. The Hall–Kier alpha value is -3.21. The average Bonchev–Trinajstić information content (AvgIpc) is 3.36. The lowest BCUT2D eigenvalue weighted by Gasteiger charge is -2.19. The average molecular weight is 348 g/mol. The minimum Gasteiger partial charge on any atom is -0.454 e. The number of hydrogen-bond donors (Lipinski definition) is 1. The Morgan fingerprint density at radius 1 is 0.962 bits per heavy atom. The molecule has 0 saturated carbocycles. The van der Waals surface area contributed by atoms with Crippen LogP contribution in [0, 0.1) is 0 Å². The lowest BCUT2D eigenvalue weighted by molar-refractivity contribution is -0.124. The van der Waals surface area contributed by atoms with Gasteiger partial charge >= 0.3 is 0 Å². The third-order valence-corrected chi connectivity index (χ3v) is 4.47.